The number of likely N-dealkylation sites (N-methyl/N-ethyl adjacent to an activating group) is 1. The number of carbonyl (C=O) groups excluding carboxylic acids is 1. The summed E-state index contributed by atoms with van der Waals surface area (Å²) in [5.41, 5.74) is 1.86. The van der Waals surface area contributed by atoms with Crippen LogP contribution in [0.25, 0.3) is 17.0 Å². The number of benzene rings is 1. The molecule has 1 aromatic carbocycles. The summed E-state index contributed by atoms with van der Waals surface area (Å²) < 4.78 is 10.8. The van der Waals surface area contributed by atoms with E-state index in [9.17, 15) is 4.79 Å². The van der Waals surface area contributed by atoms with Crippen molar-refractivity contribution >= 4 is 23.0 Å². The first-order valence-corrected chi connectivity index (χ1v) is 7.60. The molecule has 118 valence electrons. The van der Waals surface area contributed by atoms with Crippen molar-refractivity contribution in [2.24, 2.45) is 0 Å². The van der Waals surface area contributed by atoms with Gasteiger partial charge >= 0.3 is 0 Å². The smallest absolute Gasteiger partial charge is 0.246 e. The molecule has 0 unspecified atom stereocenters. The summed E-state index contributed by atoms with van der Waals surface area (Å²) in [7, 11) is 3.47. The van der Waals surface area contributed by atoms with Gasteiger partial charge in [-0.15, -0.1) is 0 Å². The van der Waals surface area contributed by atoms with E-state index in [-0.39, 0.29) is 5.91 Å². The normalized spacial score (nSPS) is 11.4. The molecule has 22 heavy (non-hydrogen) atoms. The van der Waals surface area contributed by atoms with Gasteiger partial charge in [0.25, 0.3) is 0 Å². The summed E-state index contributed by atoms with van der Waals surface area (Å²) >= 11 is 0. The molecule has 0 saturated heterocycles. The molecule has 2 aromatic rings. The fourth-order valence-electron chi connectivity index (χ4n) is 2.40. The standard InChI is InChI=1S/C18H23NO3/c1-4-16-15(14-8-5-6-9-17(14)22-16)10-11-18(20)19(2)12-7-13-21-3/h5-6,8-11H,4,7,12-13H2,1-3H3/b11-10+. The molecule has 0 spiro atoms. The van der Waals surface area contributed by atoms with E-state index in [0.29, 0.717) is 13.2 Å². The molecule has 0 atom stereocenters. The second-order valence-electron chi connectivity index (χ2n) is 5.23. The molecule has 0 radical (unpaired) electrons. The van der Waals surface area contributed by atoms with Crippen LogP contribution in [0.3, 0.4) is 0 Å². The van der Waals surface area contributed by atoms with Crippen molar-refractivity contribution in [1.29, 1.82) is 0 Å². The van der Waals surface area contributed by atoms with Crippen LogP contribution in [0.5, 0.6) is 0 Å². The topological polar surface area (TPSA) is 42.7 Å². The lowest BCUT2D eigenvalue weighted by atomic mass is 10.1. The Kier molecular flexibility index (Phi) is 5.78. The van der Waals surface area contributed by atoms with Crippen molar-refractivity contribution in [1.82, 2.24) is 4.90 Å². The fraction of sp³-hybridized carbons (Fsp3) is 0.389. The Morgan fingerprint density at radius 1 is 1.36 bits per heavy atom. The highest BCUT2D eigenvalue weighted by Crippen LogP contribution is 2.27. The molecule has 1 aromatic heterocycles. The average Bonchev–Trinajstić information content (AvgIpc) is 2.90. The first kappa shape index (κ1) is 16.3. The third-order valence-corrected chi connectivity index (χ3v) is 3.64. The van der Waals surface area contributed by atoms with E-state index in [0.717, 1.165) is 35.1 Å². The minimum Gasteiger partial charge on any atom is -0.460 e. The fourth-order valence-corrected chi connectivity index (χ4v) is 2.40. The third-order valence-electron chi connectivity index (χ3n) is 3.64. The van der Waals surface area contributed by atoms with Gasteiger partial charge in [0.15, 0.2) is 0 Å². The van der Waals surface area contributed by atoms with Crippen molar-refractivity contribution in [3.05, 3.63) is 41.7 Å². The number of hydrogen-bond donors (Lipinski definition) is 0. The molecule has 1 heterocycles. The van der Waals surface area contributed by atoms with Crippen molar-refractivity contribution in [2.75, 3.05) is 27.3 Å². The molecule has 0 fully saturated rings. The first-order chi connectivity index (χ1) is 10.7. The highest BCUT2D eigenvalue weighted by Gasteiger charge is 2.11. The molecule has 4 nitrogen and oxygen atoms in total. The van der Waals surface area contributed by atoms with Crippen LogP contribution < -0.4 is 0 Å². The van der Waals surface area contributed by atoms with Gasteiger partial charge in [0, 0.05) is 50.8 Å². The van der Waals surface area contributed by atoms with Gasteiger partial charge in [-0.3, -0.25) is 4.79 Å². The number of ether oxygens (including phenoxy) is 1. The van der Waals surface area contributed by atoms with E-state index in [1.807, 2.05) is 37.3 Å². The predicted molar refractivity (Wildman–Crippen MR) is 88.8 cm³/mol. The van der Waals surface area contributed by atoms with Gasteiger partial charge in [-0.1, -0.05) is 25.1 Å². The zero-order chi connectivity index (χ0) is 15.9. The summed E-state index contributed by atoms with van der Waals surface area (Å²) in [6, 6.07) is 7.90. The van der Waals surface area contributed by atoms with E-state index in [1.54, 1.807) is 25.1 Å². The number of fused-ring (bicyclic) bond motifs is 1. The maximum absolute atomic E-state index is 12.1. The molecule has 1 amide bonds. The Labute approximate surface area is 131 Å². The number of furan rings is 1. The lowest BCUT2D eigenvalue weighted by Gasteiger charge is -2.14. The van der Waals surface area contributed by atoms with Crippen LogP contribution in [0, 0.1) is 0 Å². The highest BCUT2D eigenvalue weighted by atomic mass is 16.5. The molecule has 0 aliphatic rings. The summed E-state index contributed by atoms with van der Waals surface area (Å²) in [4.78, 5) is 13.8. The Morgan fingerprint density at radius 3 is 2.86 bits per heavy atom. The number of carbonyl (C=O) groups is 1. The highest BCUT2D eigenvalue weighted by molar-refractivity contribution is 5.96. The zero-order valence-electron chi connectivity index (χ0n) is 13.5. The van der Waals surface area contributed by atoms with Gasteiger partial charge in [-0.05, 0) is 18.6 Å². The molecule has 0 saturated carbocycles. The lowest BCUT2D eigenvalue weighted by Crippen LogP contribution is -2.26. The minimum absolute atomic E-state index is 0.0107. The predicted octanol–water partition coefficient (Wildman–Crippen LogP) is 3.50. The van der Waals surface area contributed by atoms with E-state index in [2.05, 4.69) is 0 Å². The monoisotopic (exact) mass is 301 g/mol. The van der Waals surface area contributed by atoms with Gasteiger partial charge in [0.2, 0.25) is 5.91 Å². The molecule has 0 bridgehead atoms. The van der Waals surface area contributed by atoms with Crippen molar-refractivity contribution in [3.63, 3.8) is 0 Å². The van der Waals surface area contributed by atoms with E-state index in [1.165, 1.54) is 0 Å². The van der Waals surface area contributed by atoms with Crippen LogP contribution >= 0.6 is 0 Å². The van der Waals surface area contributed by atoms with Crippen LogP contribution in [0.1, 0.15) is 24.7 Å². The minimum atomic E-state index is -0.0107. The first-order valence-electron chi connectivity index (χ1n) is 7.60. The van der Waals surface area contributed by atoms with Crippen LogP contribution in [-0.2, 0) is 16.0 Å². The van der Waals surface area contributed by atoms with Crippen LogP contribution in [0.15, 0.2) is 34.8 Å². The molecule has 2 rings (SSSR count). The maximum Gasteiger partial charge on any atom is 0.246 e. The molecule has 0 N–H and O–H groups in total. The third kappa shape index (κ3) is 3.77. The number of methoxy groups -OCH3 is 1. The van der Waals surface area contributed by atoms with Gasteiger partial charge in [-0.25, -0.2) is 0 Å². The SMILES string of the molecule is CCc1oc2ccccc2c1/C=C/C(=O)N(C)CCCOC. The molecular formula is C18H23NO3. The van der Waals surface area contributed by atoms with Crippen LogP contribution in [0.4, 0.5) is 0 Å². The summed E-state index contributed by atoms with van der Waals surface area (Å²) in [6.07, 6.45) is 5.11. The number of amides is 1. The quantitative estimate of drug-likeness (QED) is 0.580. The van der Waals surface area contributed by atoms with Gasteiger partial charge in [-0.2, -0.15) is 0 Å². The molecule has 0 aliphatic heterocycles. The zero-order valence-corrected chi connectivity index (χ0v) is 13.5. The van der Waals surface area contributed by atoms with Crippen molar-refractivity contribution in [2.45, 2.75) is 19.8 Å². The number of para-hydroxylation sites is 1. The summed E-state index contributed by atoms with van der Waals surface area (Å²) in [5, 5.41) is 1.05. The van der Waals surface area contributed by atoms with Crippen LogP contribution in [-0.4, -0.2) is 38.1 Å². The number of rotatable bonds is 7. The van der Waals surface area contributed by atoms with Crippen LogP contribution in [0.2, 0.25) is 0 Å². The summed E-state index contributed by atoms with van der Waals surface area (Å²) in [5.74, 6) is 0.899. The molecule has 0 aliphatic carbocycles. The Hall–Kier alpha value is -2.07. The van der Waals surface area contributed by atoms with Gasteiger partial charge < -0.3 is 14.1 Å². The molecular weight excluding hydrogens is 278 g/mol. The Balaban J connectivity index is 2.14. The van der Waals surface area contributed by atoms with E-state index < -0.39 is 0 Å². The van der Waals surface area contributed by atoms with Gasteiger partial charge in [0.05, 0.1) is 0 Å². The van der Waals surface area contributed by atoms with E-state index in [4.69, 9.17) is 9.15 Å². The van der Waals surface area contributed by atoms with Crippen molar-refractivity contribution < 1.29 is 13.9 Å². The number of nitrogens with zero attached hydrogens (tertiary/aromatic N) is 1. The molecule has 4 heteroatoms. The number of aryl methyl sites for hydroxylation is 1. The van der Waals surface area contributed by atoms with Crippen molar-refractivity contribution in [3.8, 4) is 0 Å². The second-order valence-corrected chi connectivity index (χ2v) is 5.23. The Morgan fingerprint density at radius 2 is 2.14 bits per heavy atom. The largest absolute Gasteiger partial charge is 0.460 e. The number of hydrogen-bond acceptors (Lipinski definition) is 3. The summed E-state index contributed by atoms with van der Waals surface area (Å²) in [6.45, 7) is 3.39. The lowest BCUT2D eigenvalue weighted by molar-refractivity contribution is -0.124. The average molecular weight is 301 g/mol. The van der Waals surface area contributed by atoms with Gasteiger partial charge in [0.1, 0.15) is 11.3 Å². The van der Waals surface area contributed by atoms with E-state index >= 15 is 0 Å². The maximum atomic E-state index is 12.1. The Bertz CT molecular complexity index is 657. The second kappa shape index (κ2) is 7.80.